The summed E-state index contributed by atoms with van der Waals surface area (Å²) in [6.07, 6.45) is 4.24. The number of furan rings is 1. The van der Waals surface area contributed by atoms with Crippen molar-refractivity contribution >= 4 is 0 Å². The molecule has 1 N–H and O–H groups in total. The van der Waals surface area contributed by atoms with Gasteiger partial charge in [0.25, 0.3) is 0 Å². The van der Waals surface area contributed by atoms with E-state index in [1.165, 1.54) is 32.5 Å². The molecule has 3 nitrogen and oxygen atoms in total. The van der Waals surface area contributed by atoms with Gasteiger partial charge in [0.1, 0.15) is 5.76 Å². The van der Waals surface area contributed by atoms with Crippen molar-refractivity contribution in [2.75, 3.05) is 19.6 Å². The maximum Gasteiger partial charge on any atom is 0.120 e. The zero-order valence-electron chi connectivity index (χ0n) is 10.3. The first kappa shape index (κ1) is 11.7. The van der Waals surface area contributed by atoms with Gasteiger partial charge in [0.15, 0.2) is 0 Å². The molecular weight excluding hydrogens is 200 g/mol. The summed E-state index contributed by atoms with van der Waals surface area (Å²) in [5.74, 6) is 1.04. The fraction of sp³-hybridized carbons (Fsp3) is 0.692. The van der Waals surface area contributed by atoms with Crippen LogP contribution in [0.5, 0.6) is 0 Å². The summed E-state index contributed by atoms with van der Waals surface area (Å²) in [6, 6.07) is 4.96. The van der Waals surface area contributed by atoms with Gasteiger partial charge in [-0.2, -0.15) is 0 Å². The molecule has 3 heteroatoms. The lowest BCUT2D eigenvalue weighted by Crippen LogP contribution is -2.43. The minimum atomic E-state index is 0.327. The third kappa shape index (κ3) is 2.86. The van der Waals surface area contributed by atoms with E-state index in [0.29, 0.717) is 12.1 Å². The predicted molar refractivity (Wildman–Crippen MR) is 65.4 cm³/mol. The molecule has 0 aliphatic carbocycles. The van der Waals surface area contributed by atoms with Crippen LogP contribution in [0.2, 0.25) is 0 Å². The third-order valence-corrected chi connectivity index (χ3v) is 3.49. The van der Waals surface area contributed by atoms with E-state index in [1.807, 2.05) is 12.1 Å². The van der Waals surface area contributed by atoms with Crippen molar-refractivity contribution in [3.05, 3.63) is 24.2 Å². The van der Waals surface area contributed by atoms with E-state index in [1.54, 1.807) is 6.26 Å². The second kappa shape index (κ2) is 5.51. The summed E-state index contributed by atoms with van der Waals surface area (Å²) in [6.45, 7) is 8.03. The highest BCUT2D eigenvalue weighted by Crippen LogP contribution is 2.17. The van der Waals surface area contributed by atoms with Crippen molar-refractivity contribution < 1.29 is 4.42 Å². The lowest BCUT2D eigenvalue weighted by atomic mass is 10.0. The predicted octanol–water partition coefficient (Wildman–Crippen LogP) is 2.41. The number of hydrogen-bond acceptors (Lipinski definition) is 3. The average molecular weight is 222 g/mol. The van der Waals surface area contributed by atoms with Gasteiger partial charge in [0.2, 0.25) is 0 Å². The number of rotatable bonds is 4. The Morgan fingerprint density at radius 3 is 2.81 bits per heavy atom. The van der Waals surface area contributed by atoms with Crippen LogP contribution in [0.25, 0.3) is 0 Å². The molecule has 0 radical (unpaired) electrons. The Kier molecular flexibility index (Phi) is 4.02. The number of hydrogen-bond donors (Lipinski definition) is 1. The van der Waals surface area contributed by atoms with Crippen LogP contribution >= 0.6 is 0 Å². The van der Waals surface area contributed by atoms with Crippen LogP contribution in [-0.4, -0.2) is 30.6 Å². The summed E-state index contributed by atoms with van der Waals surface area (Å²) in [5.41, 5.74) is 0. The molecule has 16 heavy (non-hydrogen) atoms. The molecule has 1 aromatic rings. The van der Waals surface area contributed by atoms with E-state index >= 15 is 0 Å². The number of likely N-dealkylation sites (tertiary alicyclic amines) is 1. The van der Waals surface area contributed by atoms with Gasteiger partial charge in [-0.25, -0.2) is 0 Å². The second-order valence-electron chi connectivity index (χ2n) is 4.61. The second-order valence-corrected chi connectivity index (χ2v) is 4.61. The molecule has 0 unspecified atom stereocenters. The van der Waals surface area contributed by atoms with E-state index in [2.05, 4.69) is 24.1 Å². The van der Waals surface area contributed by atoms with E-state index in [0.717, 1.165) is 5.76 Å². The first-order valence-corrected chi connectivity index (χ1v) is 6.31. The Bertz CT molecular complexity index is 289. The smallest absolute Gasteiger partial charge is 0.120 e. The zero-order valence-corrected chi connectivity index (χ0v) is 10.3. The maximum absolute atomic E-state index is 5.41. The molecule has 1 atom stereocenters. The van der Waals surface area contributed by atoms with Crippen LogP contribution < -0.4 is 5.32 Å². The Hall–Kier alpha value is -0.800. The molecule has 90 valence electrons. The molecule has 2 rings (SSSR count). The molecule has 1 aromatic heterocycles. The van der Waals surface area contributed by atoms with Crippen molar-refractivity contribution in [3.8, 4) is 0 Å². The topological polar surface area (TPSA) is 28.4 Å². The minimum absolute atomic E-state index is 0.327. The number of nitrogens with zero attached hydrogens (tertiary/aromatic N) is 1. The van der Waals surface area contributed by atoms with E-state index < -0.39 is 0 Å². The van der Waals surface area contributed by atoms with Gasteiger partial charge in [-0.15, -0.1) is 0 Å². The van der Waals surface area contributed by atoms with E-state index in [4.69, 9.17) is 4.42 Å². The van der Waals surface area contributed by atoms with Crippen molar-refractivity contribution in [2.24, 2.45) is 0 Å². The SMILES string of the molecule is CCN1CCC(N[C@H](C)c2ccco2)CC1. The van der Waals surface area contributed by atoms with Crippen molar-refractivity contribution in [1.29, 1.82) is 0 Å². The van der Waals surface area contributed by atoms with E-state index in [-0.39, 0.29) is 0 Å². The van der Waals surface area contributed by atoms with Crippen LogP contribution in [0, 0.1) is 0 Å². The van der Waals surface area contributed by atoms with Crippen LogP contribution in [-0.2, 0) is 0 Å². The van der Waals surface area contributed by atoms with Gasteiger partial charge < -0.3 is 14.6 Å². The highest BCUT2D eigenvalue weighted by Gasteiger charge is 2.20. The molecule has 0 saturated carbocycles. The maximum atomic E-state index is 5.41. The van der Waals surface area contributed by atoms with Gasteiger partial charge in [0.05, 0.1) is 12.3 Å². The Balaban J connectivity index is 1.78. The summed E-state index contributed by atoms with van der Waals surface area (Å²) in [4.78, 5) is 2.51. The quantitative estimate of drug-likeness (QED) is 0.848. The van der Waals surface area contributed by atoms with Crippen LogP contribution in [0.1, 0.15) is 38.5 Å². The fourth-order valence-corrected chi connectivity index (χ4v) is 2.39. The summed E-state index contributed by atoms with van der Waals surface area (Å²) < 4.78 is 5.41. The zero-order chi connectivity index (χ0) is 11.4. The molecule has 0 amide bonds. The summed E-state index contributed by atoms with van der Waals surface area (Å²) in [5, 5.41) is 3.65. The fourth-order valence-electron chi connectivity index (χ4n) is 2.39. The van der Waals surface area contributed by atoms with Crippen molar-refractivity contribution in [1.82, 2.24) is 10.2 Å². The van der Waals surface area contributed by atoms with Crippen LogP contribution in [0.4, 0.5) is 0 Å². The number of piperidine rings is 1. The monoisotopic (exact) mass is 222 g/mol. The largest absolute Gasteiger partial charge is 0.468 e. The van der Waals surface area contributed by atoms with Crippen molar-refractivity contribution in [2.45, 2.75) is 38.8 Å². The molecule has 1 aliphatic heterocycles. The summed E-state index contributed by atoms with van der Waals surface area (Å²) >= 11 is 0. The van der Waals surface area contributed by atoms with Gasteiger partial charge in [-0.05, 0) is 51.5 Å². The van der Waals surface area contributed by atoms with Gasteiger partial charge in [-0.1, -0.05) is 6.92 Å². The molecule has 1 fully saturated rings. The first-order chi connectivity index (χ1) is 7.79. The van der Waals surface area contributed by atoms with Crippen LogP contribution in [0.15, 0.2) is 22.8 Å². The van der Waals surface area contributed by atoms with Gasteiger partial charge >= 0.3 is 0 Å². The molecule has 0 bridgehead atoms. The molecule has 1 saturated heterocycles. The lowest BCUT2D eigenvalue weighted by molar-refractivity contribution is 0.197. The normalized spacial score (nSPS) is 21.1. The first-order valence-electron chi connectivity index (χ1n) is 6.31. The average Bonchev–Trinajstić information content (AvgIpc) is 2.83. The Labute approximate surface area is 97.8 Å². The third-order valence-electron chi connectivity index (χ3n) is 3.49. The lowest BCUT2D eigenvalue weighted by Gasteiger charge is -2.32. The molecule has 2 heterocycles. The standard InChI is InChI=1S/C13H22N2O/c1-3-15-8-6-12(7-9-15)14-11(2)13-5-4-10-16-13/h4-5,10-12,14H,3,6-9H2,1-2H3/t11-/m1/s1. The molecule has 1 aliphatic rings. The van der Waals surface area contributed by atoms with Gasteiger partial charge in [0, 0.05) is 6.04 Å². The molecule has 0 aromatic carbocycles. The number of nitrogens with one attached hydrogen (secondary N) is 1. The Morgan fingerprint density at radius 1 is 1.50 bits per heavy atom. The minimum Gasteiger partial charge on any atom is -0.468 e. The van der Waals surface area contributed by atoms with Gasteiger partial charge in [-0.3, -0.25) is 0 Å². The molecule has 0 spiro atoms. The summed E-state index contributed by atoms with van der Waals surface area (Å²) in [7, 11) is 0. The van der Waals surface area contributed by atoms with E-state index in [9.17, 15) is 0 Å². The highest BCUT2D eigenvalue weighted by atomic mass is 16.3. The molecular formula is C13H22N2O. The highest BCUT2D eigenvalue weighted by molar-refractivity contribution is 5.03. The Morgan fingerprint density at radius 2 is 2.25 bits per heavy atom. The van der Waals surface area contributed by atoms with Crippen LogP contribution in [0.3, 0.4) is 0 Å². The van der Waals surface area contributed by atoms with Crippen molar-refractivity contribution in [3.63, 3.8) is 0 Å².